The Morgan fingerprint density at radius 1 is 1.19 bits per heavy atom. The molecule has 0 saturated carbocycles. The first-order valence-corrected chi connectivity index (χ1v) is 7.99. The number of furan rings is 1. The van der Waals surface area contributed by atoms with E-state index >= 15 is 0 Å². The van der Waals surface area contributed by atoms with Crippen molar-refractivity contribution >= 4 is 17.6 Å². The van der Waals surface area contributed by atoms with Crippen molar-refractivity contribution in [1.29, 1.82) is 0 Å². The lowest BCUT2D eigenvalue weighted by atomic mass is 10.1. The van der Waals surface area contributed by atoms with Crippen molar-refractivity contribution < 1.29 is 9.21 Å². The highest BCUT2D eigenvalue weighted by Crippen LogP contribution is 2.11. The molecule has 3 heterocycles. The predicted octanol–water partition coefficient (Wildman–Crippen LogP) is 2.16. The lowest BCUT2D eigenvalue weighted by Crippen LogP contribution is -2.22. The number of aromatic nitrogens is 4. The summed E-state index contributed by atoms with van der Waals surface area (Å²) in [6, 6.07) is 12.8. The number of aromatic amines is 1. The summed E-state index contributed by atoms with van der Waals surface area (Å²) in [7, 11) is 0. The number of fused-ring (bicyclic) bond motifs is 1. The van der Waals surface area contributed by atoms with Crippen LogP contribution < -0.4 is 10.9 Å². The van der Waals surface area contributed by atoms with Crippen LogP contribution in [0, 0.1) is 6.92 Å². The second kappa shape index (κ2) is 6.32. The maximum Gasteiger partial charge on any atom is 0.293 e. The Morgan fingerprint density at radius 3 is 2.73 bits per heavy atom. The topological polar surface area (TPSA) is 105 Å². The van der Waals surface area contributed by atoms with E-state index in [0.717, 1.165) is 5.56 Å². The summed E-state index contributed by atoms with van der Waals surface area (Å²) in [5, 5.41) is 5.32. The van der Waals surface area contributed by atoms with Crippen molar-refractivity contribution in [3.8, 4) is 0 Å². The molecule has 8 nitrogen and oxygen atoms in total. The summed E-state index contributed by atoms with van der Waals surface area (Å²) < 4.78 is 6.26. The molecule has 0 bridgehead atoms. The first kappa shape index (κ1) is 15.8. The van der Waals surface area contributed by atoms with Gasteiger partial charge in [0.25, 0.3) is 17.2 Å². The van der Waals surface area contributed by atoms with Crippen LogP contribution in [0.2, 0.25) is 0 Å². The number of nitrogens with one attached hydrogen (secondary N) is 2. The van der Waals surface area contributed by atoms with E-state index in [1.165, 1.54) is 16.8 Å². The number of hydrogen-bond donors (Lipinski definition) is 2. The molecule has 1 amide bonds. The zero-order valence-corrected chi connectivity index (χ0v) is 13.9. The number of benzene rings is 1. The molecule has 2 N–H and O–H groups in total. The number of rotatable bonds is 4. The van der Waals surface area contributed by atoms with Crippen LogP contribution in [0.25, 0.3) is 5.78 Å². The highest BCUT2D eigenvalue weighted by Gasteiger charge is 2.16. The zero-order chi connectivity index (χ0) is 18.1. The number of H-pyrrole nitrogens is 1. The van der Waals surface area contributed by atoms with Gasteiger partial charge < -0.3 is 4.42 Å². The van der Waals surface area contributed by atoms with Gasteiger partial charge in [0.15, 0.2) is 5.76 Å². The van der Waals surface area contributed by atoms with Crippen molar-refractivity contribution in [2.75, 3.05) is 5.32 Å². The fraction of sp³-hybridized carbons (Fsp3) is 0.111. The van der Waals surface area contributed by atoms with Gasteiger partial charge >= 0.3 is 0 Å². The number of amides is 1. The number of aryl methyl sites for hydroxylation is 1. The van der Waals surface area contributed by atoms with Crippen molar-refractivity contribution in [3.63, 3.8) is 0 Å². The molecule has 0 unspecified atom stereocenters. The van der Waals surface area contributed by atoms with Crippen LogP contribution in [0.5, 0.6) is 0 Å². The Bertz CT molecular complexity index is 1130. The monoisotopic (exact) mass is 349 g/mol. The molecule has 0 aliphatic rings. The van der Waals surface area contributed by atoms with E-state index in [2.05, 4.69) is 20.4 Å². The molecule has 0 spiro atoms. The molecule has 4 aromatic rings. The number of carbonyl (C=O) groups excluding carboxylic acids is 1. The van der Waals surface area contributed by atoms with Gasteiger partial charge in [-0.25, -0.2) is 4.98 Å². The Hall–Kier alpha value is -3.68. The van der Waals surface area contributed by atoms with Gasteiger partial charge in [0.2, 0.25) is 5.95 Å². The first-order valence-electron chi connectivity index (χ1n) is 7.99. The smallest absolute Gasteiger partial charge is 0.293 e. The Morgan fingerprint density at radius 2 is 2.00 bits per heavy atom. The number of nitrogens with zero attached hydrogens (tertiary/aromatic N) is 3. The minimum Gasteiger partial charge on any atom is -0.459 e. The molecule has 3 aromatic heterocycles. The molecule has 0 aliphatic carbocycles. The largest absolute Gasteiger partial charge is 0.459 e. The minimum atomic E-state index is -0.469. The molecule has 26 heavy (non-hydrogen) atoms. The molecule has 1 aromatic carbocycles. The van der Waals surface area contributed by atoms with Gasteiger partial charge in [-0.2, -0.15) is 9.50 Å². The Labute approximate surface area is 147 Å². The maximum atomic E-state index is 12.8. The summed E-state index contributed by atoms with van der Waals surface area (Å²) in [5.41, 5.74) is 1.94. The summed E-state index contributed by atoms with van der Waals surface area (Å²) >= 11 is 0. The van der Waals surface area contributed by atoms with Crippen LogP contribution >= 0.6 is 0 Å². The van der Waals surface area contributed by atoms with E-state index in [-0.39, 0.29) is 23.0 Å². The molecule has 130 valence electrons. The van der Waals surface area contributed by atoms with Crippen molar-refractivity contribution in [2.24, 2.45) is 0 Å². The number of hydrogen-bond acceptors (Lipinski definition) is 5. The van der Waals surface area contributed by atoms with E-state index in [0.29, 0.717) is 17.7 Å². The third-order valence-electron chi connectivity index (χ3n) is 4.00. The molecular formula is C18H15N5O3. The SMILES string of the molecule is Cc1nc2nc(NC(=O)c3ccco3)[nH]n2c(=O)c1Cc1ccccc1. The van der Waals surface area contributed by atoms with Crippen LogP contribution in [-0.2, 0) is 6.42 Å². The first-order chi connectivity index (χ1) is 12.6. The van der Waals surface area contributed by atoms with Gasteiger partial charge in [0.1, 0.15) is 0 Å². The molecular weight excluding hydrogens is 334 g/mol. The lowest BCUT2D eigenvalue weighted by Gasteiger charge is -2.04. The molecule has 8 heteroatoms. The molecule has 4 rings (SSSR count). The van der Waals surface area contributed by atoms with Gasteiger partial charge in [0.05, 0.1) is 12.0 Å². The molecule has 0 aliphatic heterocycles. The summed E-state index contributed by atoms with van der Waals surface area (Å²) in [6.45, 7) is 1.77. The van der Waals surface area contributed by atoms with Crippen molar-refractivity contribution in [1.82, 2.24) is 19.6 Å². The quantitative estimate of drug-likeness (QED) is 0.587. The average Bonchev–Trinajstić information content (AvgIpc) is 3.29. The second-order valence-electron chi connectivity index (χ2n) is 5.78. The normalized spacial score (nSPS) is 11.0. The van der Waals surface area contributed by atoms with Crippen LogP contribution in [0.15, 0.2) is 57.9 Å². The van der Waals surface area contributed by atoms with Crippen LogP contribution in [0.3, 0.4) is 0 Å². The third kappa shape index (κ3) is 2.88. The van der Waals surface area contributed by atoms with Gasteiger partial charge in [-0.15, -0.1) is 0 Å². The van der Waals surface area contributed by atoms with E-state index in [1.807, 2.05) is 30.3 Å². The number of anilines is 1. The second-order valence-corrected chi connectivity index (χ2v) is 5.78. The van der Waals surface area contributed by atoms with E-state index in [1.54, 1.807) is 13.0 Å². The maximum absolute atomic E-state index is 12.8. The van der Waals surface area contributed by atoms with E-state index < -0.39 is 5.91 Å². The van der Waals surface area contributed by atoms with Gasteiger partial charge in [-0.1, -0.05) is 30.3 Å². The third-order valence-corrected chi connectivity index (χ3v) is 4.00. The highest BCUT2D eigenvalue weighted by atomic mass is 16.3. The molecule has 0 atom stereocenters. The molecule has 0 saturated heterocycles. The average molecular weight is 349 g/mol. The van der Waals surface area contributed by atoms with Gasteiger partial charge in [0, 0.05) is 12.0 Å². The standard InChI is InChI=1S/C18H15N5O3/c1-11-13(10-12-6-3-2-4-7-12)16(25)23-18(19-11)21-17(22-23)20-15(24)14-8-5-9-26-14/h2-9H,10H2,1H3,(H2,19,20,21,22,24). The van der Waals surface area contributed by atoms with Crippen LogP contribution in [0.4, 0.5) is 5.95 Å². The lowest BCUT2D eigenvalue weighted by molar-refractivity contribution is 0.0996. The summed E-state index contributed by atoms with van der Waals surface area (Å²) in [4.78, 5) is 33.4. The molecule has 0 radical (unpaired) electrons. The zero-order valence-electron chi connectivity index (χ0n) is 13.9. The van der Waals surface area contributed by atoms with E-state index in [4.69, 9.17) is 4.42 Å². The fourth-order valence-corrected chi connectivity index (χ4v) is 2.69. The van der Waals surface area contributed by atoms with Crippen LogP contribution in [-0.4, -0.2) is 25.5 Å². The number of carbonyl (C=O) groups is 1. The van der Waals surface area contributed by atoms with E-state index in [9.17, 15) is 9.59 Å². The Balaban J connectivity index is 1.69. The summed E-state index contributed by atoms with van der Waals surface area (Å²) in [6.07, 6.45) is 1.87. The van der Waals surface area contributed by atoms with Crippen molar-refractivity contribution in [3.05, 3.63) is 81.7 Å². The minimum absolute atomic E-state index is 0.118. The van der Waals surface area contributed by atoms with Crippen molar-refractivity contribution in [2.45, 2.75) is 13.3 Å². The Kier molecular flexibility index (Phi) is 3.85. The van der Waals surface area contributed by atoms with Crippen LogP contribution in [0.1, 0.15) is 27.4 Å². The molecule has 0 fully saturated rings. The highest BCUT2D eigenvalue weighted by molar-refractivity contribution is 6.01. The summed E-state index contributed by atoms with van der Waals surface area (Å²) in [5.74, 6) is -0.0126. The van der Waals surface area contributed by atoms with Gasteiger partial charge in [-0.05, 0) is 24.6 Å². The van der Waals surface area contributed by atoms with Gasteiger partial charge in [-0.3, -0.25) is 20.0 Å². The predicted molar refractivity (Wildman–Crippen MR) is 94.3 cm³/mol. The fourth-order valence-electron chi connectivity index (χ4n) is 2.69.